The molecule has 7 nitrogen and oxygen atoms in total. The van der Waals surface area contributed by atoms with Gasteiger partial charge in [-0.25, -0.2) is 9.97 Å². The number of hydrogen-bond acceptors (Lipinski definition) is 7. The fourth-order valence-electron chi connectivity index (χ4n) is 19.2. The largest absolute Gasteiger partial charge is 0.309 e. The zero-order chi connectivity index (χ0) is 85.7. The van der Waals surface area contributed by atoms with E-state index < -0.39 is 0 Å². The lowest BCUT2D eigenvalue weighted by atomic mass is 9.93. The highest BCUT2D eigenvalue weighted by atomic mass is 32.1. The molecule has 0 saturated heterocycles. The molecule has 0 unspecified atom stereocenters. The van der Waals surface area contributed by atoms with Crippen molar-refractivity contribution in [3.63, 3.8) is 0 Å². The monoisotopic (exact) mass is 1710 g/mol. The quantitative estimate of drug-likeness (QED) is 0.129. The fourth-order valence-corrected chi connectivity index (χ4v) is 22.6. The molecule has 130 heavy (non-hydrogen) atoms. The van der Waals surface area contributed by atoms with E-state index in [4.69, 9.17) is 19.9 Å². The third-order valence-electron chi connectivity index (χ3n) is 25.4. The molecule has 0 bridgehead atoms. The Balaban J connectivity index is 0.000000105. The highest BCUT2D eigenvalue weighted by molar-refractivity contribution is 7.26. The molecule has 27 aromatic rings. The molecule has 10 heteroatoms. The Bertz CT molecular complexity index is 9050. The molecule has 0 spiro atoms. The van der Waals surface area contributed by atoms with Gasteiger partial charge in [0.25, 0.3) is 0 Å². The zero-order valence-electron chi connectivity index (χ0n) is 70.2. The number of benzene rings is 19. The molecule has 8 aromatic heterocycles. The summed E-state index contributed by atoms with van der Waals surface area (Å²) in [6, 6.07) is 163. The van der Waals surface area contributed by atoms with E-state index in [1.807, 2.05) is 70.4 Å². The van der Waals surface area contributed by atoms with E-state index in [0.717, 1.165) is 55.9 Å². The summed E-state index contributed by atoms with van der Waals surface area (Å²) in [6.45, 7) is 0. The van der Waals surface area contributed by atoms with Crippen molar-refractivity contribution in [3.05, 3.63) is 455 Å². The highest BCUT2D eigenvalue weighted by Crippen LogP contribution is 2.47. The van der Waals surface area contributed by atoms with E-state index in [-0.39, 0.29) is 0 Å². The van der Waals surface area contributed by atoms with Crippen LogP contribution in [0.2, 0.25) is 0 Å². The van der Waals surface area contributed by atoms with Crippen LogP contribution in [0.25, 0.3) is 244 Å². The molecule has 0 saturated carbocycles. The first-order valence-electron chi connectivity index (χ1n) is 43.9. The van der Waals surface area contributed by atoms with Crippen molar-refractivity contribution < 1.29 is 0 Å². The normalized spacial score (nSPS) is 11.7. The molecule has 19 aromatic carbocycles. The first-order valence-corrected chi connectivity index (χ1v) is 46.3. The van der Waals surface area contributed by atoms with Crippen molar-refractivity contribution in [1.82, 2.24) is 33.6 Å². The van der Waals surface area contributed by atoms with Gasteiger partial charge in [-0.05, 0) is 177 Å². The first-order chi connectivity index (χ1) is 64.4. The van der Waals surface area contributed by atoms with Crippen molar-refractivity contribution in [2.45, 2.75) is 0 Å². The van der Waals surface area contributed by atoms with Crippen LogP contribution in [0.5, 0.6) is 0 Å². The molecule has 0 aliphatic rings. The number of nitrogens with zero attached hydrogens (tertiary/aromatic N) is 7. The van der Waals surface area contributed by atoms with E-state index in [1.54, 1.807) is 0 Å². The maximum Gasteiger partial charge on any atom is 0.238 e. The second-order valence-corrected chi connectivity index (χ2v) is 36.4. The van der Waals surface area contributed by atoms with Crippen molar-refractivity contribution in [1.29, 1.82) is 0 Å². The van der Waals surface area contributed by atoms with E-state index in [2.05, 4.69) is 432 Å². The van der Waals surface area contributed by atoms with E-state index in [0.29, 0.717) is 17.6 Å². The van der Waals surface area contributed by atoms with Gasteiger partial charge in [0, 0.05) is 121 Å². The molecule has 27 rings (SSSR count). The van der Waals surface area contributed by atoms with Gasteiger partial charge >= 0.3 is 0 Å². The number of aromatic nitrogens is 7. The lowest BCUT2D eigenvalue weighted by molar-refractivity contribution is 0.954. The standard InChI is InChI=1S/C42H27NS.C39H24N4S.C39H24N2S/c1-3-12-28(13-4-1)31-22-32(29-14-5-2-6-15-29)24-33(23-31)30-16-11-17-34(25-30)43-39-20-9-7-18-35(39)37-26-38-36-19-8-10-21-41(36)44-42(38)27-40(37)43;1-3-11-25(12-4-1)26-19-21-28(22-20-26)38-40-37(27-13-5-2-6-14-27)41-39(42-38)43-33-17-9-7-15-29(33)31-23-32-30-16-8-10-18-35(30)44-36(32)24-34(31)43;1-2-11-26(12-3-1)34-21-29(22-35(40-34)28-19-18-25-10-4-5-13-27(25)20-28)41-36-16-8-6-14-30(36)32-23-33-31-15-7-9-17-38(31)42-39(33)24-37(32)41/h1-27H;1-24H;1-24H. The SMILES string of the molecule is c1ccc(-c2cc(-c3ccccc3)cc(-c3cccc(-n4c5ccccc5c5cc6c(cc54)sc4ccccc46)c3)c2)cc1.c1ccc(-c2cc(-n3c4ccccc4c4cc5c(cc43)sc3ccccc35)cc(-c3ccc4ccccc4c3)n2)cc1.c1ccc(-c2ccc(-c3nc(-c4ccccc4)nc(-n4c5ccccc5c5cc6c(cc54)sc4ccccc46)n3)cc2)cc1. The third kappa shape index (κ3) is 13.6. The van der Waals surface area contributed by atoms with E-state index in [9.17, 15) is 0 Å². The van der Waals surface area contributed by atoms with Gasteiger partial charge in [-0.15, -0.1) is 34.0 Å². The maximum absolute atomic E-state index is 5.22. The zero-order valence-corrected chi connectivity index (χ0v) is 72.6. The Kier molecular flexibility index (Phi) is 18.7. The van der Waals surface area contributed by atoms with E-state index >= 15 is 0 Å². The molecular weight excluding hydrogens is 1640 g/mol. The van der Waals surface area contributed by atoms with Crippen LogP contribution in [0.15, 0.2) is 455 Å². The Hall–Kier alpha value is -16.3. The first kappa shape index (κ1) is 76.1. The van der Waals surface area contributed by atoms with Crippen molar-refractivity contribution >= 4 is 171 Å². The fraction of sp³-hybridized carbons (Fsp3) is 0. The molecule has 0 radical (unpaired) electrons. The average molecular weight is 1710 g/mol. The van der Waals surface area contributed by atoms with Gasteiger partial charge in [0.2, 0.25) is 5.95 Å². The van der Waals surface area contributed by atoms with Gasteiger partial charge in [-0.3, -0.25) is 4.57 Å². The molecule has 8 heterocycles. The molecular formula is C120H75N7S3. The van der Waals surface area contributed by atoms with Crippen LogP contribution in [0.3, 0.4) is 0 Å². The van der Waals surface area contributed by atoms with Gasteiger partial charge in [-0.1, -0.05) is 334 Å². The second-order valence-electron chi connectivity index (χ2n) is 33.1. The molecule has 608 valence electrons. The number of fused-ring (bicyclic) bond motifs is 19. The van der Waals surface area contributed by atoms with Crippen molar-refractivity contribution in [3.8, 4) is 107 Å². The van der Waals surface area contributed by atoms with E-state index in [1.165, 1.54) is 170 Å². The van der Waals surface area contributed by atoms with Crippen LogP contribution >= 0.6 is 34.0 Å². The van der Waals surface area contributed by atoms with Gasteiger partial charge in [0.15, 0.2) is 11.6 Å². The number of pyridine rings is 1. The van der Waals surface area contributed by atoms with Crippen LogP contribution in [0.1, 0.15) is 0 Å². The van der Waals surface area contributed by atoms with Crippen LogP contribution in [-0.4, -0.2) is 33.6 Å². The van der Waals surface area contributed by atoms with Gasteiger partial charge in [0.1, 0.15) is 0 Å². The minimum atomic E-state index is 0.604. The number of hydrogen-bond donors (Lipinski definition) is 0. The molecule has 0 N–H and O–H groups in total. The van der Waals surface area contributed by atoms with Crippen molar-refractivity contribution in [2.24, 2.45) is 0 Å². The van der Waals surface area contributed by atoms with Gasteiger partial charge in [0.05, 0.1) is 50.2 Å². The number of rotatable bonds is 11. The summed E-state index contributed by atoms with van der Waals surface area (Å²) < 4.78 is 14.9. The molecule has 0 fully saturated rings. The summed E-state index contributed by atoms with van der Waals surface area (Å²) in [7, 11) is 0. The topological polar surface area (TPSA) is 66.3 Å². The Morgan fingerprint density at radius 1 is 0.154 bits per heavy atom. The average Bonchev–Trinajstić information content (AvgIpc) is 1.58. The molecule has 0 aliphatic carbocycles. The third-order valence-corrected chi connectivity index (χ3v) is 28.8. The minimum Gasteiger partial charge on any atom is -0.309 e. The van der Waals surface area contributed by atoms with Crippen LogP contribution < -0.4 is 0 Å². The molecule has 0 aliphatic heterocycles. The summed E-state index contributed by atoms with van der Waals surface area (Å²) in [5.41, 5.74) is 25.0. The van der Waals surface area contributed by atoms with Gasteiger partial charge in [-0.2, -0.15) is 9.97 Å². The summed E-state index contributed by atoms with van der Waals surface area (Å²) in [5, 5.41) is 17.8. The predicted molar refractivity (Wildman–Crippen MR) is 553 cm³/mol. The summed E-state index contributed by atoms with van der Waals surface area (Å²) in [6.07, 6.45) is 0. The Morgan fingerprint density at radius 3 is 0.977 bits per heavy atom. The lowest BCUT2D eigenvalue weighted by Gasteiger charge is -2.13. The molecule has 0 atom stereocenters. The van der Waals surface area contributed by atoms with Crippen LogP contribution in [-0.2, 0) is 0 Å². The Labute approximate surface area is 760 Å². The number of thiophene rings is 3. The second kappa shape index (κ2) is 32.0. The highest BCUT2D eigenvalue weighted by Gasteiger charge is 2.24. The smallest absolute Gasteiger partial charge is 0.238 e. The Morgan fingerprint density at radius 2 is 0.492 bits per heavy atom. The van der Waals surface area contributed by atoms with Gasteiger partial charge < -0.3 is 9.13 Å². The minimum absolute atomic E-state index is 0.604. The van der Waals surface area contributed by atoms with Crippen LogP contribution in [0.4, 0.5) is 0 Å². The van der Waals surface area contributed by atoms with Crippen LogP contribution in [0, 0.1) is 0 Å². The maximum atomic E-state index is 5.22. The molecule has 0 amide bonds. The lowest BCUT2D eigenvalue weighted by Crippen LogP contribution is -2.06. The van der Waals surface area contributed by atoms with Crippen molar-refractivity contribution in [2.75, 3.05) is 0 Å². The summed E-state index contributed by atoms with van der Waals surface area (Å²) in [4.78, 5) is 20.5. The number of para-hydroxylation sites is 3. The summed E-state index contributed by atoms with van der Waals surface area (Å²) in [5.74, 6) is 1.89. The predicted octanol–water partition coefficient (Wildman–Crippen LogP) is 33.5. The summed E-state index contributed by atoms with van der Waals surface area (Å²) >= 11 is 5.57.